The standard InChI is InChI=1S/C18H17ClN2O5/c1-2-20(10-13-11-25-16-5-3-4-6-17(16)26-13)18(22)12-7-8-15(21(23)24)14(19)9-12/h3-9,13H,2,10-11H2,1H3. The largest absolute Gasteiger partial charge is 0.486 e. The Kier molecular flexibility index (Phi) is 5.27. The number of hydrogen-bond acceptors (Lipinski definition) is 5. The number of nitrogens with zero attached hydrogens (tertiary/aromatic N) is 2. The Morgan fingerprint density at radius 1 is 1.31 bits per heavy atom. The van der Waals surface area contributed by atoms with Gasteiger partial charge in [0, 0.05) is 18.2 Å². The van der Waals surface area contributed by atoms with Crippen LogP contribution in [0.25, 0.3) is 0 Å². The van der Waals surface area contributed by atoms with E-state index in [1.165, 1.54) is 18.2 Å². The van der Waals surface area contributed by atoms with Crippen LogP contribution in [0, 0.1) is 10.1 Å². The maximum atomic E-state index is 12.7. The number of benzene rings is 2. The van der Waals surface area contributed by atoms with E-state index in [2.05, 4.69) is 0 Å². The molecule has 2 aromatic carbocycles. The van der Waals surface area contributed by atoms with Gasteiger partial charge in [-0.15, -0.1) is 0 Å². The lowest BCUT2D eigenvalue weighted by Crippen LogP contribution is -2.43. The van der Waals surface area contributed by atoms with Crippen LogP contribution < -0.4 is 9.47 Å². The van der Waals surface area contributed by atoms with E-state index in [-0.39, 0.29) is 22.7 Å². The summed E-state index contributed by atoms with van der Waals surface area (Å²) in [6.45, 7) is 2.97. The Hall–Kier alpha value is -2.80. The predicted molar refractivity (Wildman–Crippen MR) is 96.0 cm³/mol. The Bertz CT molecular complexity index is 842. The third-order valence-electron chi connectivity index (χ3n) is 4.05. The first kappa shape index (κ1) is 18.0. The van der Waals surface area contributed by atoms with Crippen molar-refractivity contribution in [2.75, 3.05) is 19.7 Å². The molecule has 8 heteroatoms. The van der Waals surface area contributed by atoms with Crippen molar-refractivity contribution in [2.24, 2.45) is 0 Å². The number of nitro benzene ring substituents is 1. The molecule has 1 aliphatic heterocycles. The van der Waals surface area contributed by atoms with E-state index < -0.39 is 4.92 Å². The van der Waals surface area contributed by atoms with Gasteiger partial charge >= 0.3 is 0 Å². The molecule has 0 N–H and O–H groups in total. The van der Waals surface area contributed by atoms with Gasteiger partial charge in [-0.05, 0) is 31.2 Å². The topological polar surface area (TPSA) is 81.9 Å². The molecule has 1 unspecified atom stereocenters. The van der Waals surface area contributed by atoms with Crippen molar-refractivity contribution in [3.05, 3.63) is 63.2 Å². The van der Waals surface area contributed by atoms with Crippen LogP contribution in [0.5, 0.6) is 11.5 Å². The van der Waals surface area contributed by atoms with Gasteiger partial charge in [-0.1, -0.05) is 23.7 Å². The molecule has 0 bridgehead atoms. The fourth-order valence-corrected chi connectivity index (χ4v) is 2.97. The maximum Gasteiger partial charge on any atom is 0.287 e. The van der Waals surface area contributed by atoms with E-state index in [0.29, 0.717) is 36.8 Å². The minimum absolute atomic E-state index is 0.0666. The Balaban J connectivity index is 1.72. The average molecular weight is 377 g/mol. The first-order chi connectivity index (χ1) is 12.5. The number of carbonyl (C=O) groups is 1. The van der Waals surface area contributed by atoms with Crippen LogP contribution in [-0.4, -0.2) is 41.5 Å². The highest BCUT2D eigenvalue weighted by Crippen LogP contribution is 2.31. The first-order valence-corrected chi connectivity index (χ1v) is 8.49. The molecule has 0 fully saturated rings. The van der Waals surface area contributed by atoms with Crippen LogP contribution >= 0.6 is 11.6 Å². The SMILES string of the molecule is CCN(CC1COc2ccccc2O1)C(=O)c1ccc([N+](=O)[O-])c(Cl)c1. The minimum atomic E-state index is -0.584. The summed E-state index contributed by atoms with van der Waals surface area (Å²) in [6.07, 6.45) is -0.303. The summed E-state index contributed by atoms with van der Waals surface area (Å²) in [5.74, 6) is 1.05. The van der Waals surface area contributed by atoms with E-state index >= 15 is 0 Å². The zero-order valence-electron chi connectivity index (χ0n) is 14.1. The Labute approximate surface area is 155 Å². The number of rotatable bonds is 5. The van der Waals surface area contributed by atoms with Crippen molar-refractivity contribution >= 4 is 23.2 Å². The highest BCUT2D eigenvalue weighted by molar-refractivity contribution is 6.33. The van der Waals surface area contributed by atoms with Crippen LogP contribution in [0.15, 0.2) is 42.5 Å². The molecule has 0 spiro atoms. The molecule has 0 aliphatic carbocycles. The van der Waals surface area contributed by atoms with Crippen LogP contribution in [0.2, 0.25) is 5.02 Å². The summed E-state index contributed by atoms with van der Waals surface area (Å²) in [7, 11) is 0. The molecule has 136 valence electrons. The van der Waals surface area contributed by atoms with Crippen molar-refractivity contribution in [1.29, 1.82) is 0 Å². The summed E-state index contributed by atoms with van der Waals surface area (Å²) in [4.78, 5) is 24.6. The van der Waals surface area contributed by atoms with Crippen molar-refractivity contribution in [1.82, 2.24) is 4.90 Å². The quantitative estimate of drug-likeness (QED) is 0.588. The first-order valence-electron chi connectivity index (χ1n) is 8.11. The van der Waals surface area contributed by atoms with Gasteiger partial charge in [-0.2, -0.15) is 0 Å². The smallest absolute Gasteiger partial charge is 0.287 e. The fraction of sp³-hybridized carbons (Fsp3) is 0.278. The van der Waals surface area contributed by atoms with E-state index in [4.69, 9.17) is 21.1 Å². The molecule has 0 aromatic heterocycles. The molecule has 1 heterocycles. The highest BCUT2D eigenvalue weighted by atomic mass is 35.5. The number of likely N-dealkylation sites (N-methyl/N-ethyl adjacent to an activating group) is 1. The van der Waals surface area contributed by atoms with Crippen molar-refractivity contribution in [2.45, 2.75) is 13.0 Å². The van der Waals surface area contributed by atoms with E-state index in [1.807, 2.05) is 31.2 Å². The normalized spacial score (nSPS) is 15.4. The third kappa shape index (κ3) is 3.72. The molecule has 1 atom stereocenters. The number of halogens is 1. The summed E-state index contributed by atoms with van der Waals surface area (Å²) >= 11 is 5.91. The van der Waals surface area contributed by atoms with Gasteiger partial charge in [-0.3, -0.25) is 14.9 Å². The molecule has 7 nitrogen and oxygen atoms in total. The Morgan fingerprint density at radius 2 is 2.04 bits per heavy atom. The summed E-state index contributed by atoms with van der Waals surface area (Å²) in [6, 6.07) is 11.3. The lowest BCUT2D eigenvalue weighted by molar-refractivity contribution is -0.384. The van der Waals surface area contributed by atoms with Crippen LogP contribution in [0.1, 0.15) is 17.3 Å². The van der Waals surface area contributed by atoms with Crippen LogP contribution in [0.3, 0.4) is 0 Å². The van der Waals surface area contributed by atoms with Gasteiger partial charge in [-0.25, -0.2) is 0 Å². The van der Waals surface area contributed by atoms with Gasteiger partial charge < -0.3 is 14.4 Å². The second-order valence-electron chi connectivity index (χ2n) is 5.76. The lowest BCUT2D eigenvalue weighted by Gasteiger charge is -2.31. The molecular formula is C18H17ClN2O5. The van der Waals surface area contributed by atoms with Gasteiger partial charge in [0.25, 0.3) is 11.6 Å². The molecule has 1 amide bonds. The number of fused-ring (bicyclic) bond motifs is 1. The highest BCUT2D eigenvalue weighted by Gasteiger charge is 2.26. The summed E-state index contributed by atoms with van der Waals surface area (Å²) in [5, 5.41) is 10.8. The summed E-state index contributed by atoms with van der Waals surface area (Å²) < 4.78 is 11.6. The van der Waals surface area contributed by atoms with Crippen molar-refractivity contribution in [3.63, 3.8) is 0 Å². The van der Waals surface area contributed by atoms with E-state index in [9.17, 15) is 14.9 Å². The van der Waals surface area contributed by atoms with E-state index in [1.54, 1.807) is 4.90 Å². The number of amides is 1. The zero-order valence-corrected chi connectivity index (χ0v) is 14.8. The number of hydrogen-bond donors (Lipinski definition) is 0. The Morgan fingerprint density at radius 3 is 2.69 bits per heavy atom. The van der Waals surface area contributed by atoms with Crippen molar-refractivity contribution in [3.8, 4) is 11.5 Å². The van der Waals surface area contributed by atoms with Crippen LogP contribution in [-0.2, 0) is 0 Å². The third-order valence-corrected chi connectivity index (χ3v) is 4.35. The fourth-order valence-electron chi connectivity index (χ4n) is 2.73. The second kappa shape index (κ2) is 7.61. The predicted octanol–water partition coefficient (Wildman–Crippen LogP) is 3.55. The molecule has 2 aromatic rings. The number of para-hydroxylation sites is 2. The average Bonchev–Trinajstić information content (AvgIpc) is 2.65. The molecule has 26 heavy (non-hydrogen) atoms. The molecule has 0 radical (unpaired) electrons. The van der Waals surface area contributed by atoms with Gasteiger partial charge in [0.1, 0.15) is 11.6 Å². The number of nitro groups is 1. The van der Waals surface area contributed by atoms with Crippen LogP contribution in [0.4, 0.5) is 5.69 Å². The second-order valence-corrected chi connectivity index (χ2v) is 6.17. The molecule has 0 saturated heterocycles. The molecule has 1 aliphatic rings. The van der Waals surface area contributed by atoms with Gasteiger partial charge in [0.15, 0.2) is 17.6 Å². The molecule has 0 saturated carbocycles. The summed E-state index contributed by atoms with van der Waals surface area (Å²) in [5.41, 5.74) is 0.0615. The van der Waals surface area contributed by atoms with Gasteiger partial charge in [0.05, 0.1) is 11.5 Å². The zero-order chi connectivity index (χ0) is 18.7. The van der Waals surface area contributed by atoms with E-state index in [0.717, 1.165) is 0 Å². The van der Waals surface area contributed by atoms with Crippen molar-refractivity contribution < 1.29 is 19.2 Å². The minimum Gasteiger partial charge on any atom is -0.486 e. The number of ether oxygens (including phenoxy) is 2. The van der Waals surface area contributed by atoms with Gasteiger partial charge in [0.2, 0.25) is 0 Å². The monoisotopic (exact) mass is 376 g/mol. The molecule has 3 rings (SSSR count). The number of carbonyl (C=O) groups excluding carboxylic acids is 1. The molecular weight excluding hydrogens is 360 g/mol. The maximum absolute atomic E-state index is 12.7. The lowest BCUT2D eigenvalue weighted by atomic mass is 10.1.